The fourth-order valence-corrected chi connectivity index (χ4v) is 20.0. The minimum Gasteiger partial charge on any atom is -0.743 e. The molecule has 149 heavy (non-hydrogen) atoms. The van der Waals surface area contributed by atoms with E-state index in [2.05, 4.69) is 75.2 Å². The van der Waals surface area contributed by atoms with Crippen molar-refractivity contribution in [2.45, 2.75) is 72.0 Å². The number of nitrogens with zero attached hydrogens (tertiary/aromatic N) is 6. The number of aromatic amines is 1. The highest BCUT2D eigenvalue weighted by Crippen LogP contribution is 2.47. The van der Waals surface area contributed by atoms with Crippen molar-refractivity contribution >= 4 is 161 Å². The lowest BCUT2D eigenvalue weighted by Gasteiger charge is -2.17. The quantitative estimate of drug-likeness (QED) is 0.0215. The summed E-state index contributed by atoms with van der Waals surface area (Å²) in [6.45, 7) is 16.5. The first-order valence-electron chi connectivity index (χ1n) is 46.6. The normalized spacial score (nSPS) is 13.8. The van der Waals surface area contributed by atoms with Crippen LogP contribution in [0.25, 0.3) is 118 Å². The van der Waals surface area contributed by atoms with Gasteiger partial charge in [0.25, 0.3) is 46.9 Å². The third-order valence-electron chi connectivity index (χ3n) is 22.8. The molecule has 0 fully saturated rings. The van der Waals surface area contributed by atoms with Crippen molar-refractivity contribution in [2.75, 3.05) is 58.5 Å². The van der Waals surface area contributed by atoms with E-state index in [0.29, 0.717) is 91.6 Å². The van der Waals surface area contributed by atoms with Crippen LogP contribution in [-0.2, 0) is 78.3 Å². The molecule has 0 saturated heterocycles. The lowest BCUT2D eigenvalue weighted by Crippen LogP contribution is -2.39. The molecule has 7 heterocycles. The molecule has 33 nitrogen and oxygen atoms in total. The number of pyridine rings is 1. The molecule has 774 valence electrons. The van der Waals surface area contributed by atoms with Crippen LogP contribution in [0, 0.1) is 0 Å². The Bertz CT molecular complexity index is 8370. The first kappa shape index (κ1) is 111. The van der Waals surface area contributed by atoms with Gasteiger partial charge in [-0.3, -0.25) is 28.4 Å². The predicted octanol–water partition coefficient (Wildman–Crippen LogP) is 19.7. The Balaban J connectivity index is 0.000000164. The van der Waals surface area contributed by atoms with Gasteiger partial charge in [0.15, 0.2) is 77.6 Å². The standard InChI is InChI=1S/C33H26Br2N2O8S2.C33H28N2O8S2.C29H22N2O8S2.C5H5N.2C4H11N/c1-2-21(15-32-36(19-46(38,39)40)28-17-24(7-13-30(28)44-32)22-3-9-26(34)10-4-22)16-33-37(20-47(41,42)43)29-18-25(8-14-31(29)45-33)23-5-11-27(35)12-6-23;1-2-23(17-32-34(21-44(36,37)38)28-19-26(13-15-30(28)42-32)24-9-5-3-6-10-24)18-33-35(22-45(39,40)41)29-20-27(14-16-31(29)43-33)25-11-7-4-8-12-25;32-40(33,34)18-30-24-15-22(20-7-3-1-4-8-20)11-13-26(24)38-28(30)17-29-31(19-41(35,36)37)25-16-23(12-14-27(25)39-29)21-9-5-2-6-10-21;1-2-4-6-5-3-1;2*1-3-5-4-2/h3-18H,2,19-20H2,1H3,(H-,38,39,40,41,42,43);3-20H,2,21-22H2,1H3,(H-,36,37,38,39,40,41);1-17H,18-19H2,(H-,32,33,34,35,36,37);1-5H;2*5H,3-4H2,1-2H3/p+1. The van der Waals surface area contributed by atoms with Crippen LogP contribution in [0.5, 0.6) is 17.2 Å². The van der Waals surface area contributed by atoms with E-state index in [1.807, 2.05) is 239 Å². The lowest BCUT2D eigenvalue weighted by atomic mass is 10.0. The summed E-state index contributed by atoms with van der Waals surface area (Å²) >= 11 is 6.85. The highest BCUT2D eigenvalue weighted by Gasteiger charge is 2.37. The van der Waals surface area contributed by atoms with Gasteiger partial charge in [-0.1, -0.05) is 261 Å². The maximum atomic E-state index is 12.1. The molecule has 0 unspecified atom stereocenters. The van der Waals surface area contributed by atoms with Gasteiger partial charge in [-0.05, 0) is 196 Å². The van der Waals surface area contributed by atoms with Crippen molar-refractivity contribution in [3.63, 3.8) is 0 Å². The van der Waals surface area contributed by atoms with Crippen molar-refractivity contribution in [1.29, 1.82) is 0 Å². The number of halogens is 2. The molecule has 0 bridgehead atoms. The third-order valence-corrected chi connectivity index (χ3v) is 27.3. The summed E-state index contributed by atoms with van der Waals surface area (Å²) in [7, 11) is -27.7. The molecule has 0 atom stereocenters. The van der Waals surface area contributed by atoms with Crippen molar-refractivity contribution < 1.29 is 124 Å². The van der Waals surface area contributed by atoms with Gasteiger partial charge >= 0.3 is 17.7 Å². The first-order valence-corrected chi connectivity index (χ1v) is 57.7. The maximum absolute atomic E-state index is 12.1. The summed E-state index contributed by atoms with van der Waals surface area (Å²) in [4.78, 5) is 6.82. The number of fused-ring (bicyclic) bond motifs is 6. The van der Waals surface area contributed by atoms with Crippen molar-refractivity contribution in [2.24, 2.45) is 0 Å². The van der Waals surface area contributed by atoms with Crippen LogP contribution < -0.4 is 58.2 Å². The smallest absolute Gasteiger partial charge is 0.380 e. The van der Waals surface area contributed by atoms with Gasteiger partial charge < -0.3 is 51.8 Å². The first-order chi connectivity index (χ1) is 71.1. The monoisotopic (exact) mass is 2260 g/mol. The number of aromatic nitrogens is 4. The molecule has 0 amide bonds. The molecule has 4 aromatic heterocycles. The number of rotatable bonds is 29. The molecule has 3 aliphatic heterocycles. The summed E-state index contributed by atoms with van der Waals surface area (Å²) < 4.78 is 251. The van der Waals surface area contributed by atoms with E-state index in [-0.39, 0.29) is 35.3 Å². The van der Waals surface area contributed by atoms with E-state index < -0.39 is 96.0 Å². The number of ether oxygens (including phenoxy) is 3. The van der Waals surface area contributed by atoms with Crippen LogP contribution in [0.1, 0.15) is 72.1 Å². The van der Waals surface area contributed by atoms with E-state index in [4.69, 9.17) is 27.5 Å². The van der Waals surface area contributed by atoms with Crippen molar-refractivity contribution in [1.82, 2.24) is 10.6 Å². The number of hydrogen-bond acceptors (Lipinski definition) is 26. The van der Waals surface area contributed by atoms with E-state index in [0.717, 1.165) is 102 Å². The molecule has 41 heteroatoms. The van der Waals surface area contributed by atoms with Gasteiger partial charge in [-0.2, -0.15) is 25.3 Å². The average Bonchev–Trinajstić information content (AvgIpc) is 1.62. The Kier molecular flexibility index (Phi) is 36.7. The van der Waals surface area contributed by atoms with Gasteiger partial charge in [-0.15, -0.1) is 13.7 Å². The van der Waals surface area contributed by atoms with Crippen molar-refractivity contribution in [3.05, 3.63) is 377 Å². The van der Waals surface area contributed by atoms with E-state index >= 15 is 0 Å². The highest BCUT2D eigenvalue weighted by molar-refractivity contribution is 9.10. The zero-order valence-corrected chi connectivity index (χ0v) is 89.2. The van der Waals surface area contributed by atoms with E-state index in [9.17, 15) is 77.8 Å². The maximum Gasteiger partial charge on any atom is 0.380 e. The molecule has 6 N–H and O–H groups in total. The molecule has 0 saturated carbocycles. The third kappa shape index (κ3) is 30.7. The van der Waals surface area contributed by atoms with Crippen molar-refractivity contribution in [3.8, 4) is 84.0 Å². The number of anilines is 3. The SMILES string of the molecule is CCC(=C/c1oc2ccc(-c3ccc(Br)cc3)cc2[n+]1CS(=O)(=O)[O-])/C=C1\Oc2ccc(-c3ccc(Br)cc3)cc2N1CS(=O)(=O)O.CCC(=C/c1oc2ccc(-c3ccccc3)cc2[n+]1CS(=O)(=O)[O-])/C=C1\Oc2ccc(-c3ccccc3)cc2N1CS(=O)(=O)O.CCNCC.CCNCC.O=S(=O)([O-])C[n+]1c(C=C2Oc3ccc(-c4ccccc4)cc3N2CS(=O)(=O)O)oc2ccc(-c3ccccc3)cc21.c1cc[nH+]cc1. The second-order valence-electron chi connectivity index (χ2n) is 33.5. The highest BCUT2D eigenvalue weighted by atomic mass is 79.9. The second kappa shape index (κ2) is 49.4. The Morgan fingerprint density at radius 1 is 0.329 bits per heavy atom. The Labute approximate surface area is 880 Å². The van der Waals surface area contributed by atoms with Gasteiger partial charge in [-0.25, -0.2) is 30.2 Å². The fraction of sp³-hybridized carbons (Fsp3) is 0.167. The molecular formula is C108H104Br2N9O24S6+. The largest absolute Gasteiger partial charge is 0.743 e. The van der Waals surface area contributed by atoms with Gasteiger partial charge in [0, 0.05) is 51.4 Å². The number of H-pyrrole nitrogens is 1. The summed E-state index contributed by atoms with van der Waals surface area (Å²) in [5.74, 6) is -3.66. The zero-order chi connectivity index (χ0) is 107. The van der Waals surface area contributed by atoms with E-state index in [1.54, 1.807) is 109 Å². The molecule has 0 aliphatic carbocycles. The van der Waals surface area contributed by atoms with Crippen LogP contribution in [0.2, 0.25) is 0 Å². The fourth-order valence-electron chi connectivity index (χ4n) is 16.0. The number of nitrogens with one attached hydrogen (secondary N) is 3. The molecule has 16 aromatic rings. The summed E-state index contributed by atoms with van der Waals surface area (Å²) in [6.07, 6.45) is 12.1. The van der Waals surface area contributed by atoms with Crippen LogP contribution in [0.3, 0.4) is 0 Å². The van der Waals surface area contributed by atoms with Crippen LogP contribution >= 0.6 is 31.9 Å². The number of allylic oxidation sites excluding steroid dienone is 4. The molecule has 0 radical (unpaired) electrons. The topological polar surface area (TPSA) is 461 Å². The number of hydrogen-bond donors (Lipinski definition) is 5. The lowest BCUT2D eigenvalue weighted by molar-refractivity contribution is -0.658. The second-order valence-corrected chi connectivity index (χ2v) is 43.8. The summed E-state index contributed by atoms with van der Waals surface area (Å²) in [5.41, 5.74) is 14.6. The Morgan fingerprint density at radius 3 is 0.846 bits per heavy atom. The average molecular weight is 2260 g/mol. The van der Waals surface area contributed by atoms with Crippen LogP contribution in [-0.4, -0.2) is 122 Å². The van der Waals surface area contributed by atoms with Gasteiger partial charge in [0.05, 0.1) is 29.2 Å². The Morgan fingerprint density at radius 2 is 0.584 bits per heavy atom. The molecular weight excluding hydrogens is 2160 g/mol. The summed E-state index contributed by atoms with van der Waals surface area (Å²) in [5, 5.41) is 6.22. The molecule has 3 aliphatic rings. The minimum absolute atomic E-state index is 0.0535. The van der Waals surface area contributed by atoms with Crippen LogP contribution in [0.4, 0.5) is 17.1 Å². The number of oxazole rings is 3. The molecule has 12 aromatic carbocycles. The zero-order valence-electron chi connectivity index (χ0n) is 81.1. The minimum atomic E-state index is -4.77. The van der Waals surface area contributed by atoms with Gasteiger partial charge in [0.1, 0.15) is 6.08 Å². The molecule has 19 rings (SSSR count). The summed E-state index contributed by atoms with van der Waals surface area (Å²) in [6, 6.07) is 90.5. The van der Waals surface area contributed by atoms with Crippen LogP contribution in [0.15, 0.2) is 373 Å². The molecule has 0 spiro atoms. The number of benzene rings is 12. The Hall–Kier alpha value is -14.0. The van der Waals surface area contributed by atoms with Gasteiger partial charge in [0.2, 0.25) is 52.0 Å². The predicted molar refractivity (Wildman–Crippen MR) is 576 cm³/mol. The van der Waals surface area contributed by atoms with E-state index in [1.165, 1.54) is 34.5 Å².